The SMILES string of the molecule is N#CCc1ccc(-c2ccc(C=O)c(F)c2)cc1. The van der Waals surface area contributed by atoms with Crippen molar-refractivity contribution in [3.8, 4) is 17.2 Å². The normalized spacial score (nSPS) is 9.78. The van der Waals surface area contributed by atoms with E-state index in [9.17, 15) is 9.18 Å². The third kappa shape index (κ3) is 2.44. The third-order valence-electron chi connectivity index (χ3n) is 2.70. The van der Waals surface area contributed by atoms with Crippen LogP contribution in [0.15, 0.2) is 42.5 Å². The Hall–Kier alpha value is -2.47. The molecule has 0 fully saturated rings. The van der Waals surface area contributed by atoms with Crippen molar-refractivity contribution in [2.75, 3.05) is 0 Å². The van der Waals surface area contributed by atoms with Crippen molar-refractivity contribution in [2.45, 2.75) is 6.42 Å². The molecule has 0 bridgehead atoms. The van der Waals surface area contributed by atoms with Gasteiger partial charge in [-0.1, -0.05) is 30.3 Å². The number of rotatable bonds is 3. The molecule has 0 aliphatic carbocycles. The van der Waals surface area contributed by atoms with Crippen molar-refractivity contribution in [3.05, 3.63) is 59.4 Å². The number of nitriles is 1. The Morgan fingerprint density at radius 3 is 2.33 bits per heavy atom. The summed E-state index contributed by atoms with van der Waals surface area (Å²) >= 11 is 0. The van der Waals surface area contributed by atoms with E-state index in [-0.39, 0.29) is 5.56 Å². The molecule has 0 N–H and O–H groups in total. The van der Waals surface area contributed by atoms with Crippen molar-refractivity contribution in [1.29, 1.82) is 5.26 Å². The lowest BCUT2D eigenvalue weighted by Crippen LogP contribution is -1.89. The minimum atomic E-state index is -0.524. The first kappa shape index (κ1) is 12.0. The van der Waals surface area contributed by atoms with Crippen LogP contribution in [-0.4, -0.2) is 6.29 Å². The molecule has 18 heavy (non-hydrogen) atoms. The van der Waals surface area contributed by atoms with E-state index in [4.69, 9.17) is 5.26 Å². The molecule has 3 heteroatoms. The smallest absolute Gasteiger partial charge is 0.152 e. The second kappa shape index (κ2) is 5.24. The Morgan fingerprint density at radius 1 is 1.11 bits per heavy atom. The summed E-state index contributed by atoms with van der Waals surface area (Å²) in [7, 11) is 0. The molecule has 0 saturated heterocycles. The van der Waals surface area contributed by atoms with Gasteiger partial charge in [0, 0.05) is 0 Å². The van der Waals surface area contributed by atoms with E-state index in [0.29, 0.717) is 18.3 Å². The van der Waals surface area contributed by atoms with Gasteiger partial charge in [-0.3, -0.25) is 4.79 Å². The van der Waals surface area contributed by atoms with E-state index in [1.165, 1.54) is 12.1 Å². The van der Waals surface area contributed by atoms with Crippen molar-refractivity contribution >= 4 is 6.29 Å². The van der Waals surface area contributed by atoms with E-state index in [1.54, 1.807) is 6.07 Å². The Labute approximate surface area is 104 Å². The number of halogens is 1. The molecule has 2 aromatic carbocycles. The highest BCUT2D eigenvalue weighted by molar-refractivity contribution is 5.77. The minimum Gasteiger partial charge on any atom is -0.298 e. The Bertz CT molecular complexity index is 611. The van der Waals surface area contributed by atoms with Gasteiger partial charge in [-0.2, -0.15) is 5.26 Å². The van der Waals surface area contributed by atoms with Crippen LogP contribution in [-0.2, 0) is 6.42 Å². The van der Waals surface area contributed by atoms with Gasteiger partial charge in [0.15, 0.2) is 6.29 Å². The molecule has 88 valence electrons. The molecule has 2 rings (SSSR count). The van der Waals surface area contributed by atoms with Gasteiger partial charge in [0.2, 0.25) is 0 Å². The van der Waals surface area contributed by atoms with Crippen molar-refractivity contribution < 1.29 is 9.18 Å². The third-order valence-corrected chi connectivity index (χ3v) is 2.70. The lowest BCUT2D eigenvalue weighted by molar-refractivity contribution is 0.112. The molecule has 0 heterocycles. The van der Waals surface area contributed by atoms with Crippen LogP contribution in [0.3, 0.4) is 0 Å². The first-order chi connectivity index (χ1) is 8.74. The minimum absolute atomic E-state index is 0.0554. The first-order valence-corrected chi connectivity index (χ1v) is 5.45. The number of benzene rings is 2. The Kier molecular flexibility index (Phi) is 3.49. The highest BCUT2D eigenvalue weighted by atomic mass is 19.1. The fourth-order valence-corrected chi connectivity index (χ4v) is 1.71. The van der Waals surface area contributed by atoms with Gasteiger partial charge in [0.05, 0.1) is 18.1 Å². The first-order valence-electron chi connectivity index (χ1n) is 5.45. The molecular formula is C15H10FNO. The van der Waals surface area contributed by atoms with Crippen molar-refractivity contribution in [2.24, 2.45) is 0 Å². The van der Waals surface area contributed by atoms with Crippen LogP contribution in [0.25, 0.3) is 11.1 Å². The van der Waals surface area contributed by atoms with E-state index < -0.39 is 5.82 Å². The van der Waals surface area contributed by atoms with Gasteiger partial charge in [0.25, 0.3) is 0 Å². The molecule has 0 unspecified atom stereocenters. The van der Waals surface area contributed by atoms with Crippen LogP contribution in [0.5, 0.6) is 0 Å². The van der Waals surface area contributed by atoms with Gasteiger partial charge in [-0.25, -0.2) is 4.39 Å². The molecule has 0 aliphatic heterocycles. The fraction of sp³-hybridized carbons (Fsp3) is 0.0667. The maximum Gasteiger partial charge on any atom is 0.152 e. The van der Waals surface area contributed by atoms with Crippen LogP contribution in [0.4, 0.5) is 4.39 Å². The number of carbonyl (C=O) groups excluding carboxylic acids is 1. The van der Waals surface area contributed by atoms with Crippen LogP contribution in [0.1, 0.15) is 15.9 Å². The van der Waals surface area contributed by atoms with Crippen molar-refractivity contribution in [1.82, 2.24) is 0 Å². The van der Waals surface area contributed by atoms with Crippen LogP contribution >= 0.6 is 0 Å². The maximum absolute atomic E-state index is 13.5. The van der Waals surface area contributed by atoms with Crippen molar-refractivity contribution in [3.63, 3.8) is 0 Å². The average Bonchev–Trinajstić information content (AvgIpc) is 2.40. The predicted molar refractivity (Wildman–Crippen MR) is 66.5 cm³/mol. The second-order valence-corrected chi connectivity index (χ2v) is 3.89. The number of hydrogen-bond acceptors (Lipinski definition) is 2. The van der Waals surface area contributed by atoms with Gasteiger partial charge < -0.3 is 0 Å². The summed E-state index contributed by atoms with van der Waals surface area (Å²) in [6, 6.07) is 13.9. The van der Waals surface area contributed by atoms with Crippen LogP contribution < -0.4 is 0 Å². The molecule has 0 amide bonds. The van der Waals surface area contributed by atoms with E-state index in [0.717, 1.165) is 11.1 Å². The molecule has 2 aromatic rings. The standard InChI is InChI=1S/C15H10FNO/c16-15-9-13(5-6-14(15)10-18)12-3-1-11(2-4-12)7-8-17/h1-6,9-10H,7H2. The molecule has 0 aromatic heterocycles. The Balaban J connectivity index is 2.34. The quantitative estimate of drug-likeness (QED) is 0.770. The largest absolute Gasteiger partial charge is 0.298 e. The zero-order valence-electron chi connectivity index (χ0n) is 9.56. The molecule has 0 atom stereocenters. The summed E-state index contributed by atoms with van der Waals surface area (Å²) in [4.78, 5) is 10.5. The van der Waals surface area contributed by atoms with Gasteiger partial charge in [0.1, 0.15) is 5.82 Å². The average molecular weight is 239 g/mol. The summed E-state index contributed by atoms with van der Waals surface area (Å²) in [6.07, 6.45) is 0.855. The maximum atomic E-state index is 13.5. The van der Waals surface area contributed by atoms with Crippen LogP contribution in [0.2, 0.25) is 0 Å². The molecule has 2 nitrogen and oxygen atoms in total. The molecule has 0 radical (unpaired) electrons. The highest BCUT2D eigenvalue weighted by Gasteiger charge is 2.04. The number of nitrogens with zero attached hydrogens (tertiary/aromatic N) is 1. The lowest BCUT2D eigenvalue weighted by Gasteiger charge is -2.04. The zero-order valence-corrected chi connectivity index (χ0v) is 9.56. The van der Waals surface area contributed by atoms with E-state index >= 15 is 0 Å². The zero-order chi connectivity index (χ0) is 13.0. The van der Waals surface area contributed by atoms with Gasteiger partial charge in [-0.15, -0.1) is 0 Å². The summed E-state index contributed by atoms with van der Waals surface area (Å²) < 4.78 is 13.5. The summed E-state index contributed by atoms with van der Waals surface area (Å²) in [5, 5.41) is 8.57. The molecule has 0 aliphatic rings. The predicted octanol–water partition coefficient (Wildman–Crippen LogP) is 3.37. The number of carbonyl (C=O) groups is 1. The van der Waals surface area contributed by atoms with E-state index in [1.807, 2.05) is 24.3 Å². The molecule has 0 spiro atoms. The summed E-state index contributed by atoms with van der Waals surface area (Å²) in [6.45, 7) is 0. The van der Waals surface area contributed by atoms with Gasteiger partial charge >= 0.3 is 0 Å². The second-order valence-electron chi connectivity index (χ2n) is 3.89. The monoisotopic (exact) mass is 239 g/mol. The van der Waals surface area contributed by atoms with Crippen LogP contribution in [0, 0.1) is 17.1 Å². The highest BCUT2D eigenvalue weighted by Crippen LogP contribution is 2.22. The summed E-state index contributed by atoms with van der Waals surface area (Å²) in [5.41, 5.74) is 2.54. The number of aldehydes is 1. The lowest BCUT2D eigenvalue weighted by atomic mass is 10.0. The van der Waals surface area contributed by atoms with Gasteiger partial charge in [-0.05, 0) is 28.8 Å². The molecular weight excluding hydrogens is 229 g/mol. The topological polar surface area (TPSA) is 40.9 Å². The Morgan fingerprint density at radius 2 is 1.78 bits per heavy atom. The summed E-state index contributed by atoms with van der Waals surface area (Å²) in [5.74, 6) is -0.524. The number of hydrogen-bond donors (Lipinski definition) is 0. The fourth-order valence-electron chi connectivity index (χ4n) is 1.71. The van der Waals surface area contributed by atoms with E-state index in [2.05, 4.69) is 6.07 Å². The molecule has 0 saturated carbocycles.